The average molecular weight is 342 g/mol. The first kappa shape index (κ1) is 18.3. The number of anilines is 2. The minimum Gasteiger partial charge on any atom is -0.493 e. The van der Waals surface area contributed by atoms with E-state index < -0.39 is 0 Å². The summed E-state index contributed by atoms with van der Waals surface area (Å²) in [6, 6.07) is 12.7. The number of para-hydroxylation sites is 1. The van der Waals surface area contributed by atoms with Crippen molar-refractivity contribution >= 4 is 23.1 Å². The van der Waals surface area contributed by atoms with Gasteiger partial charge in [-0.15, -0.1) is 0 Å². The minimum absolute atomic E-state index is 0.257. The van der Waals surface area contributed by atoms with Gasteiger partial charge in [0.05, 0.1) is 33.9 Å². The van der Waals surface area contributed by atoms with E-state index >= 15 is 0 Å². The van der Waals surface area contributed by atoms with Gasteiger partial charge >= 0.3 is 0 Å². The number of rotatable bonds is 5. The van der Waals surface area contributed by atoms with E-state index in [1.54, 1.807) is 18.2 Å². The molecule has 0 bridgehead atoms. The molecule has 25 heavy (non-hydrogen) atoms. The summed E-state index contributed by atoms with van der Waals surface area (Å²) in [6.45, 7) is 1.99. The molecule has 0 aromatic heterocycles. The Labute approximate surface area is 148 Å². The van der Waals surface area contributed by atoms with Gasteiger partial charge in [0.15, 0.2) is 11.5 Å². The molecule has 0 saturated carbocycles. The molecule has 1 amide bonds. The van der Waals surface area contributed by atoms with Crippen LogP contribution in [0.4, 0.5) is 11.4 Å². The summed E-state index contributed by atoms with van der Waals surface area (Å²) >= 11 is 0. The number of carbonyl (C=O) groups is 1. The van der Waals surface area contributed by atoms with Crippen LogP contribution in [0.1, 0.15) is 17.3 Å². The highest BCUT2D eigenvalue weighted by Gasteiger charge is 2.16. The third-order valence-corrected chi connectivity index (χ3v) is 3.79. The number of ether oxygens (including phenoxy) is 2. The normalized spacial score (nSPS) is 9.96. The molecule has 2 rings (SSSR count). The van der Waals surface area contributed by atoms with Crippen LogP contribution in [0.25, 0.3) is 0 Å². The quantitative estimate of drug-likeness (QED) is 0.498. The van der Waals surface area contributed by atoms with E-state index in [1.807, 2.05) is 49.9 Å². The van der Waals surface area contributed by atoms with Gasteiger partial charge in [-0.3, -0.25) is 9.37 Å². The number of benzene rings is 2. The molecule has 0 unspecified atom stereocenters. The van der Waals surface area contributed by atoms with Gasteiger partial charge in [-0.2, -0.15) is 0 Å². The number of amides is 1. The zero-order chi connectivity index (χ0) is 18.4. The van der Waals surface area contributed by atoms with Crippen molar-refractivity contribution in [1.29, 1.82) is 0 Å². The number of nitrogens with zero attached hydrogens (tertiary/aromatic N) is 1. The van der Waals surface area contributed by atoms with Gasteiger partial charge in [0, 0.05) is 12.6 Å². The molecule has 0 aliphatic heterocycles. The van der Waals surface area contributed by atoms with Crippen LogP contribution in [-0.4, -0.2) is 44.6 Å². The molecule has 132 valence electrons. The van der Waals surface area contributed by atoms with E-state index in [4.69, 9.17) is 9.47 Å². The fourth-order valence-electron chi connectivity index (χ4n) is 2.22. The van der Waals surface area contributed by atoms with E-state index in [0.29, 0.717) is 22.7 Å². The fraction of sp³-hybridized carbons (Fsp3) is 0.263. The maximum absolute atomic E-state index is 12.5. The van der Waals surface area contributed by atoms with Crippen LogP contribution < -0.4 is 20.1 Å². The lowest BCUT2D eigenvalue weighted by Gasteiger charge is -2.12. The highest BCUT2D eigenvalue weighted by Crippen LogP contribution is 2.31. The molecular formula is C19H24N3O3+. The van der Waals surface area contributed by atoms with Crippen molar-refractivity contribution in [2.75, 3.05) is 38.9 Å². The van der Waals surface area contributed by atoms with Crippen molar-refractivity contribution in [3.8, 4) is 11.5 Å². The second kappa shape index (κ2) is 8.19. The summed E-state index contributed by atoms with van der Waals surface area (Å²) in [5, 5.41) is 6.15. The number of hydrogen-bond donors (Lipinski definition) is 2. The van der Waals surface area contributed by atoms with Crippen LogP contribution in [0.5, 0.6) is 11.5 Å². The first-order valence-corrected chi connectivity index (χ1v) is 7.86. The Morgan fingerprint density at radius 3 is 2.04 bits per heavy atom. The van der Waals surface area contributed by atoms with E-state index in [-0.39, 0.29) is 5.91 Å². The molecule has 0 fully saturated rings. The topological polar surface area (TPSA) is 62.6 Å². The lowest BCUT2D eigenvalue weighted by molar-refractivity contribution is -0.464. The smallest absolute Gasteiger partial charge is 0.259 e. The van der Waals surface area contributed by atoms with Crippen LogP contribution in [0.3, 0.4) is 0 Å². The van der Waals surface area contributed by atoms with Crippen molar-refractivity contribution in [2.45, 2.75) is 6.92 Å². The van der Waals surface area contributed by atoms with Gasteiger partial charge in [-0.1, -0.05) is 6.07 Å². The second-order valence-corrected chi connectivity index (χ2v) is 5.68. The van der Waals surface area contributed by atoms with Crippen LogP contribution in [-0.2, 0) is 0 Å². The SMILES string of the molecule is COc1cccc(C(=O)Nc2ccc(NC(C)=[N+](C)C)cc2)c1OC. The number of carbonyl (C=O) groups excluding carboxylic acids is 1. The van der Waals surface area contributed by atoms with Gasteiger partial charge in [-0.25, -0.2) is 5.32 Å². The van der Waals surface area contributed by atoms with Crippen molar-refractivity contribution in [2.24, 2.45) is 0 Å². The molecule has 6 nitrogen and oxygen atoms in total. The first-order valence-electron chi connectivity index (χ1n) is 7.86. The van der Waals surface area contributed by atoms with Gasteiger partial charge in [0.25, 0.3) is 5.91 Å². The first-order chi connectivity index (χ1) is 12.0. The molecule has 2 aromatic carbocycles. The molecule has 6 heteroatoms. The minimum atomic E-state index is -0.257. The summed E-state index contributed by atoms with van der Waals surface area (Å²) < 4.78 is 12.5. The number of methoxy groups -OCH3 is 2. The molecule has 2 N–H and O–H groups in total. The Bertz CT molecular complexity index is 779. The van der Waals surface area contributed by atoms with E-state index in [9.17, 15) is 4.79 Å². The Morgan fingerprint density at radius 2 is 1.52 bits per heavy atom. The number of hydrogen-bond acceptors (Lipinski definition) is 3. The molecule has 0 heterocycles. The lowest BCUT2D eigenvalue weighted by Crippen LogP contribution is -2.18. The highest BCUT2D eigenvalue weighted by atomic mass is 16.5. The van der Waals surface area contributed by atoms with E-state index in [0.717, 1.165) is 11.5 Å². The van der Waals surface area contributed by atoms with E-state index in [1.165, 1.54) is 14.2 Å². The summed E-state index contributed by atoms with van der Waals surface area (Å²) in [5.41, 5.74) is 2.06. The highest BCUT2D eigenvalue weighted by molar-refractivity contribution is 6.06. The Morgan fingerprint density at radius 1 is 0.920 bits per heavy atom. The molecule has 0 radical (unpaired) electrons. The van der Waals surface area contributed by atoms with Gasteiger partial charge in [-0.05, 0) is 36.4 Å². The lowest BCUT2D eigenvalue weighted by atomic mass is 10.1. The second-order valence-electron chi connectivity index (χ2n) is 5.68. The molecule has 0 spiro atoms. The zero-order valence-corrected chi connectivity index (χ0v) is 15.2. The van der Waals surface area contributed by atoms with Gasteiger partial charge < -0.3 is 14.8 Å². The summed E-state index contributed by atoms with van der Waals surface area (Å²) in [6.07, 6.45) is 0. The molecule has 0 atom stereocenters. The summed E-state index contributed by atoms with van der Waals surface area (Å²) in [4.78, 5) is 12.5. The Kier molecular flexibility index (Phi) is 6.00. The monoisotopic (exact) mass is 342 g/mol. The third kappa shape index (κ3) is 4.50. The number of amidine groups is 1. The molecule has 0 saturated heterocycles. The maximum atomic E-state index is 12.5. The van der Waals surface area contributed by atoms with Crippen LogP contribution in [0, 0.1) is 0 Å². The fourth-order valence-corrected chi connectivity index (χ4v) is 2.22. The molecule has 2 aromatic rings. The standard InChI is InChI=1S/C19H23N3O3/c1-13(22(2)3)20-14-9-11-15(12-10-14)21-19(23)16-7-6-8-17(24-4)18(16)25-5/h6-12H,1-5H3,(H,21,23)/p+1. The van der Waals surface area contributed by atoms with Crippen molar-refractivity contribution in [3.05, 3.63) is 48.0 Å². The van der Waals surface area contributed by atoms with Crippen LogP contribution >= 0.6 is 0 Å². The third-order valence-electron chi connectivity index (χ3n) is 3.79. The molecule has 0 aliphatic rings. The Balaban J connectivity index is 2.15. The molecular weight excluding hydrogens is 318 g/mol. The Hall–Kier alpha value is -3.02. The van der Waals surface area contributed by atoms with Gasteiger partial charge in [0.1, 0.15) is 5.69 Å². The van der Waals surface area contributed by atoms with Crippen LogP contribution in [0.2, 0.25) is 0 Å². The number of nitrogens with one attached hydrogen (secondary N) is 2. The zero-order valence-electron chi connectivity index (χ0n) is 15.2. The largest absolute Gasteiger partial charge is 0.493 e. The van der Waals surface area contributed by atoms with Crippen LogP contribution in [0.15, 0.2) is 42.5 Å². The van der Waals surface area contributed by atoms with Crippen molar-refractivity contribution in [1.82, 2.24) is 0 Å². The van der Waals surface area contributed by atoms with E-state index in [2.05, 4.69) is 10.6 Å². The van der Waals surface area contributed by atoms with Gasteiger partial charge in [0.2, 0.25) is 5.84 Å². The predicted molar refractivity (Wildman–Crippen MR) is 100 cm³/mol. The predicted octanol–water partition coefficient (Wildman–Crippen LogP) is 3.06. The maximum Gasteiger partial charge on any atom is 0.259 e. The summed E-state index contributed by atoms with van der Waals surface area (Å²) in [7, 11) is 6.99. The average Bonchev–Trinajstić information content (AvgIpc) is 2.62. The molecule has 0 aliphatic carbocycles. The van der Waals surface area contributed by atoms with Crippen molar-refractivity contribution < 1.29 is 18.8 Å². The van der Waals surface area contributed by atoms with Crippen molar-refractivity contribution in [3.63, 3.8) is 0 Å². The summed E-state index contributed by atoms with van der Waals surface area (Å²) in [5.74, 6) is 1.70.